The van der Waals surface area contributed by atoms with Crippen LogP contribution >= 0.6 is 11.6 Å². The topological polar surface area (TPSA) is 118 Å². The Morgan fingerprint density at radius 3 is 2.62 bits per heavy atom. The van der Waals surface area contributed by atoms with Gasteiger partial charge in [0.05, 0.1) is 30.0 Å². The summed E-state index contributed by atoms with van der Waals surface area (Å²) in [5.74, 6) is 0.467. The van der Waals surface area contributed by atoms with Crippen molar-refractivity contribution in [2.45, 2.75) is 18.5 Å². The van der Waals surface area contributed by atoms with Crippen LogP contribution < -0.4 is 15.5 Å². The molecular weight excluding hydrogens is 477 g/mol. The lowest BCUT2D eigenvalue weighted by Crippen LogP contribution is -2.46. The van der Waals surface area contributed by atoms with Gasteiger partial charge in [-0.05, 0) is 19.1 Å². The van der Waals surface area contributed by atoms with Gasteiger partial charge in [0.2, 0.25) is 0 Å². The van der Waals surface area contributed by atoms with E-state index < -0.39 is 24.2 Å². The molecule has 1 aliphatic heterocycles. The molecular formula is C19H16ClF3N10O. The van der Waals surface area contributed by atoms with Crippen molar-refractivity contribution in [2.24, 2.45) is 0 Å². The quantitative estimate of drug-likeness (QED) is 0.450. The van der Waals surface area contributed by atoms with Crippen LogP contribution in [0.1, 0.15) is 12.6 Å². The zero-order valence-corrected chi connectivity index (χ0v) is 18.4. The molecule has 0 aromatic carbocycles. The fourth-order valence-corrected chi connectivity index (χ4v) is 4.05. The van der Waals surface area contributed by atoms with E-state index in [0.29, 0.717) is 11.5 Å². The number of halogens is 4. The van der Waals surface area contributed by atoms with Gasteiger partial charge in [0.25, 0.3) is 0 Å². The highest BCUT2D eigenvalue weighted by atomic mass is 35.5. The number of aromatic nitrogens is 7. The first-order valence-electron chi connectivity index (χ1n) is 9.88. The lowest BCUT2D eigenvalue weighted by atomic mass is 9.88. The second-order valence-corrected chi connectivity index (χ2v) is 8.10. The van der Waals surface area contributed by atoms with Gasteiger partial charge >= 0.3 is 12.2 Å². The SMILES string of the molecule is CNc1nc(NC(=O)N2C[C@@](C)(C(F)(F)F)c3c2cnc2cc(Cl)nn32)ccc1-n1nccn1. The Balaban J connectivity index is 1.52. The van der Waals surface area contributed by atoms with Crippen molar-refractivity contribution in [3.63, 3.8) is 0 Å². The molecule has 1 aliphatic rings. The fourth-order valence-electron chi connectivity index (χ4n) is 3.88. The minimum Gasteiger partial charge on any atom is -0.371 e. The molecule has 5 heterocycles. The summed E-state index contributed by atoms with van der Waals surface area (Å²) < 4.78 is 43.7. The van der Waals surface area contributed by atoms with Crippen molar-refractivity contribution < 1.29 is 18.0 Å². The van der Waals surface area contributed by atoms with Crippen molar-refractivity contribution in [1.82, 2.24) is 34.6 Å². The summed E-state index contributed by atoms with van der Waals surface area (Å²) in [7, 11) is 1.62. The summed E-state index contributed by atoms with van der Waals surface area (Å²) >= 11 is 5.91. The monoisotopic (exact) mass is 492 g/mol. The van der Waals surface area contributed by atoms with Gasteiger partial charge in [-0.15, -0.1) is 4.80 Å². The molecule has 0 spiro atoms. The summed E-state index contributed by atoms with van der Waals surface area (Å²) in [6, 6.07) is 3.64. The number of rotatable bonds is 3. The highest BCUT2D eigenvalue weighted by Gasteiger charge is 2.60. The molecule has 4 aromatic heterocycles. The first-order valence-corrected chi connectivity index (χ1v) is 10.3. The average molecular weight is 493 g/mol. The van der Waals surface area contributed by atoms with Gasteiger partial charge in [-0.3, -0.25) is 10.2 Å². The van der Waals surface area contributed by atoms with E-state index in [9.17, 15) is 18.0 Å². The van der Waals surface area contributed by atoms with Gasteiger partial charge in [-0.2, -0.15) is 28.5 Å². The van der Waals surface area contributed by atoms with Crippen LogP contribution in [-0.4, -0.2) is 60.4 Å². The van der Waals surface area contributed by atoms with Crippen LogP contribution in [0, 0.1) is 0 Å². The molecule has 0 fully saturated rings. The molecule has 0 aliphatic carbocycles. The van der Waals surface area contributed by atoms with E-state index in [1.165, 1.54) is 35.5 Å². The number of hydrogen-bond donors (Lipinski definition) is 2. The average Bonchev–Trinajstić information content (AvgIpc) is 3.50. The van der Waals surface area contributed by atoms with Crippen molar-refractivity contribution in [3.05, 3.63) is 47.6 Å². The third-order valence-corrected chi connectivity index (χ3v) is 5.76. The molecule has 5 rings (SSSR count). The Morgan fingerprint density at radius 2 is 1.94 bits per heavy atom. The van der Waals surface area contributed by atoms with Crippen molar-refractivity contribution in [3.8, 4) is 5.69 Å². The zero-order valence-electron chi connectivity index (χ0n) is 17.7. The Bertz CT molecular complexity index is 1400. The summed E-state index contributed by atoms with van der Waals surface area (Å²) in [6.45, 7) is 0.335. The lowest BCUT2D eigenvalue weighted by molar-refractivity contribution is -0.181. The van der Waals surface area contributed by atoms with Gasteiger partial charge in [-0.1, -0.05) is 11.6 Å². The highest BCUT2D eigenvalue weighted by Crippen LogP contribution is 2.50. The van der Waals surface area contributed by atoms with Crippen LogP contribution in [0.2, 0.25) is 5.15 Å². The second kappa shape index (κ2) is 7.55. The van der Waals surface area contributed by atoms with E-state index >= 15 is 0 Å². The van der Waals surface area contributed by atoms with Gasteiger partial charge in [0.15, 0.2) is 16.6 Å². The van der Waals surface area contributed by atoms with Crippen molar-refractivity contribution >= 4 is 40.6 Å². The minimum atomic E-state index is -4.68. The number of alkyl halides is 3. The first-order chi connectivity index (χ1) is 16.1. The third kappa shape index (κ3) is 3.29. The van der Waals surface area contributed by atoms with Crippen LogP contribution in [0.5, 0.6) is 0 Å². The first kappa shape index (κ1) is 21.9. The number of nitrogens with one attached hydrogen (secondary N) is 2. The van der Waals surface area contributed by atoms with Crippen molar-refractivity contribution in [2.75, 3.05) is 29.1 Å². The molecule has 34 heavy (non-hydrogen) atoms. The molecule has 11 nitrogen and oxygen atoms in total. The molecule has 0 bridgehead atoms. The maximum absolute atomic E-state index is 14.2. The molecule has 2 N–H and O–H groups in total. The van der Waals surface area contributed by atoms with Gasteiger partial charge in [-0.25, -0.2) is 19.3 Å². The zero-order chi connectivity index (χ0) is 24.3. The van der Waals surface area contributed by atoms with Crippen LogP contribution in [0.3, 0.4) is 0 Å². The number of urea groups is 1. The van der Waals surface area contributed by atoms with Gasteiger partial charge in [0, 0.05) is 19.7 Å². The van der Waals surface area contributed by atoms with E-state index in [1.807, 2.05) is 0 Å². The summed E-state index contributed by atoms with van der Waals surface area (Å²) in [5.41, 5.74) is -2.00. The van der Waals surface area contributed by atoms with E-state index in [-0.39, 0.29) is 28.0 Å². The minimum absolute atomic E-state index is 0.0103. The molecule has 2 amide bonds. The van der Waals surface area contributed by atoms with Crippen LogP contribution in [0.4, 0.5) is 35.3 Å². The molecule has 0 saturated carbocycles. The van der Waals surface area contributed by atoms with E-state index in [1.54, 1.807) is 13.1 Å². The number of amides is 2. The number of pyridine rings is 1. The molecule has 0 unspecified atom stereocenters. The number of carbonyl (C=O) groups excluding carboxylic acids is 1. The number of hydrogen-bond acceptors (Lipinski definition) is 7. The Morgan fingerprint density at radius 1 is 1.21 bits per heavy atom. The van der Waals surface area contributed by atoms with E-state index in [4.69, 9.17) is 11.6 Å². The predicted octanol–water partition coefficient (Wildman–Crippen LogP) is 3.27. The third-order valence-electron chi connectivity index (χ3n) is 5.57. The normalized spacial score (nSPS) is 17.8. The van der Waals surface area contributed by atoms with Crippen LogP contribution in [-0.2, 0) is 5.41 Å². The number of carbonyl (C=O) groups is 1. The van der Waals surface area contributed by atoms with Crippen LogP contribution in [0.15, 0.2) is 36.8 Å². The highest BCUT2D eigenvalue weighted by molar-refractivity contribution is 6.29. The maximum Gasteiger partial charge on any atom is 0.401 e. The summed E-state index contributed by atoms with van der Waals surface area (Å²) in [5, 5.41) is 17.4. The maximum atomic E-state index is 14.2. The summed E-state index contributed by atoms with van der Waals surface area (Å²) in [6.07, 6.45) is -0.484. The molecule has 0 saturated heterocycles. The summed E-state index contributed by atoms with van der Waals surface area (Å²) in [4.78, 5) is 23.8. The predicted molar refractivity (Wildman–Crippen MR) is 116 cm³/mol. The largest absolute Gasteiger partial charge is 0.401 e. The molecule has 15 heteroatoms. The molecule has 176 valence electrons. The number of anilines is 3. The molecule has 1 atom stereocenters. The Labute approximate surface area is 194 Å². The second-order valence-electron chi connectivity index (χ2n) is 7.71. The fraction of sp³-hybridized carbons (Fsp3) is 0.263. The number of nitrogens with zero attached hydrogens (tertiary/aromatic N) is 8. The molecule has 0 radical (unpaired) electrons. The smallest absolute Gasteiger partial charge is 0.371 e. The van der Waals surface area contributed by atoms with E-state index in [0.717, 1.165) is 16.3 Å². The van der Waals surface area contributed by atoms with Gasteiger partial charge in [0.1, 0.15) is 16.9 Å². The van der Waals surface area contributed by atoms with E-state index in [2.05, 4.69) is 35.9 Å². The number of fused-ring (bicyclic) bond motifs is 3. The molecule has 4 aromatic rings. The van der Waals surface area contributed by atoms with Crippen molar-refractivity contribution in [1.29, 1.82) is 0 Å². The van der Waals surface area contributed by atoms with Crippen LogP contribution in [0.25, 0.3) is 11.3 Å². The Hall–Kier alpha value is -3.94. The lowest BCUT2D eigenvalue weighted by Gasteiger charge is -2.28. The standard InChI is InChI=1S/C19H16ClF3N10O/c1-18(19(21,22)23)9-31(11-8-25-14-7-12(20)30-32(14)15(11)18)17(34)29-13-4-3-10(16(24-2)28-13)33-26-5-6-27-33/h3-8H,9H2,1-2H3,(H2,24,28,29,34)/t18-/m1/s1. The Kier molecular flexibility index (Phi) is 4.86. The van der Waals surface area contributed by atoms with Gasteiger partial charge < -0.3 is 5.32 Å².